The first kappa shape index (κ1) is 23.0. The highest BCUT2D eigenvalue weighted by molar-refractivity contribution is 5.71. The molecule has 0 amide bonds. The van der Waals surface area contributed by atoms with E-state index in [1.807, 2.05) is 6.92 Å². The number of ether oxygens (including phenoxy) is 2. The van der Waals surface area contributed by atoms with E-state index >= 15 is 0 Å². The minimum Gasteiger partial charge on any atom is -0.468 e. The Morgan fingerprint density at radius 1 is 1.26 bits per heavy atom. The second-order valence-electron chi connectivity index (χ2n) is 3.85. The maximum atomic E-state index is 10.4. The maximum Gasteiger partial charge on any atom is 0.319 e. The Morgan fingerprint density at radius 3 is 2.05 bits per heavy atom. The molecule has 0 aromatic heterocycles. The van der Waals surface area contributed by atoms with Gasteiger partial charge in [0.25, 0.3) is 6.47 Å². The maximum absolute atomic E-state index is 10.4. The lowest BCUT2D eigenvalue weighted by atomic mass is 10.1. The summed E-state index contributed by atoms with van der Waals surface area (Å²) in [4.78, 5) is 20.0. The summed E-state index contributed by atoms with van der Waals surface area (Å²) >= 11 is 0. The number of hydrogen-bond acceptors (Lipinski definition) is 7. The van der Waals surface area contributed by atoms with E-state index in [0.29, 0.717) is 24.9 Å². The summed E-state index contributed by atoms with van der Waals surface area (Å²) in [5.74, 6) is 0.182. The molecular formula is C12H28N2O5. The van der Waals surface area contributed by atoms with Crippen molar-refractivity contribution in [3.8, 4) is 0 Å². The second-order valence-corrected chi connectivity index (χ2v) is 3.85. The molecule has 1 atom stereocenters. The van der Waals surface area contributed by atoms with Crippen LogP contribution in [-0.2, 0) is 19.1 Å². The van der Waals surface area contributed by atoms with Crippen molar-refractivity contribution in [3.63, 3.8) is 0 Å². The Labute approximate surface area is 115 Å². The van der Waals surface area contributed by atoms with Crippen molar-refractivity contribution < 1.29 is 24.2 Å². The number of aliphatic hydroxyl groups excluding tert-OH is 1. The van der Waals surface area contributed by atoms with Gasteiger partial charge in [0.15, 0.2) is 0 Å². The fourth-order valence-corrected chi connectivity index (χ4v) is 0.435. The summed E-state index contributed by atoms with van der Waals surface area (Å²) in [5, 5.41) is 7.00. The van der Waals surface area contributed by atoms with Crippen LogP contribution in [0.5, 0.6) is 0 Å². The number of hydrogen-bond donors (Lipinski definition) is 3. The Hall–Kier alpha value is -1.18. The van der Waals surface area contributed by atoms with Crippen molar-refractivity contribution >= 4 is 12.4 Å². The van der Waals surface area contributed by atoms with E-state index in [1.54, 1.807) is 0 Å². The van der Waals surface area contributed by atoms with Crippen molar-refractivity contribution in [2.45, 2.75) is 33.2 Å². The van der Waals surface area contributed by atoms with E-state index in [-0.39, 0.29) is 19.8 Å². The Kier molecular flexibility index (Phi) is 23.2. The molecule has 0 saturated heterocycles. The lowest BCUT2D eigenvalue weighted by molar-refractivity contribution is -0.142. The molecule has 1 unspecified atom stereocenters. The van der Waals surface area contributed by atoms with Gasteiger partial charge >= 0.3 is 5.97 Å². The van der Waals surface area contributed by atoms with Gasteiger partial charge in [-0.15, -0.1) is 0 Å². The van der Waals surface area contributed by atoms with Gasteiger partial charge in [-0.25, -0.2) is 0 Å². The van der Waals surface area contributed by atoms with Gasteiger partial charge in [0.2, 0.25) is 0 Å². The zero-order valence-electron chi connectivity index (χ0n) is 12.3. The minimum atomic E-state index is -0.448. The topological polar surface area (TPSA) is 125 Å². The highest BCUT2D eigenvalue weighted by Crippen LogP contribution is 1.93. The number of esters is 1. The van der Waals surface area contributed by atoms with E-state index < -0.39 is 5.97 Å². The van der Waals surface area contributed by atoms with Crippen LogP contribution in [0.25, 0.3) is 0 Å². The molecule has 0 fully saturated rings. The highest BCUT2D eigenvalue weighted by atomic mass is 16.5. The number of rotatable bonds is 7. The smallest absolute Gasteiger partial charge is 0.319 e. The van der Waals surface area contributed by atoms with Crippen molar-refractivity contribution in [1.82, 2.24) is 0 Å². The Morgan fingerprint density at radius 2 is 1.74 bits per heavy atom. The largest absolute Gasteiger partial charge is 0.468 e. The van der Waals surface area contributed by atoms with Gasteiger partial charge in [0.1, 0.15) is 0 Å². The number of carbonyl (C=O) groups is 2. The van der Waals surface area contributed by atoms with Crippen molar-refractivity contribution in [3.05, 3.63) is 0 Å². The van der Waals surface area contributed by atoms with Crippen LogP contribution in [0.3, 0.4) is 0 Å². The van der Waals surface area contributed by atoms with Crippen molar-refractivity contribution in [2.75, 3.05) is 26.9 Å². The van der Waals surface area contributed by atoms with E-state index in [9.17, 15) is 9.59 Å². The molecule has 0 spiro atoms. The molecule has 0 aliphatic heterocycles. The molecule has 0 radical (unpaired) electrons. The Bertz CT molecular complexity index is 193. The van der Waals surface area contributed by atoms with Crippen LogP contribution in [0.15, 0.2) is 0 Å². The average molecular weight is 280 g/mol. The highest BCUT2D eigenvalue weighted by Gasteiger charge is 1.96. The number of aliphatic hydroxyl groups is 1. The van der Waals surface area contributed by atoms with E-state index in [1.165, 1.54) is 0 Å². The summed E-state index contributed by atoms with van der Waals surface area (Å²) in [6.07, 6.45) is 0.504. The molecule has 5 N–H and O–H groups in total. The van der Waals surface area contributed by atoms with Gasteiger partial charge in [-0.2, -0.15) is 0 Å². The van der Waals surface area contributed by atoms with Gasteiger partial charge < -0.3 is 26.0 Å². The zero-order chi connectivity index (χ0) is 15.7. The molecule has 0 aromatic rings. The van der Waals surface area contributed by atoms with Crippen LogP contribution in [-0.4, -0.2) is 50.5 Å². The molecular weight excluding hydrogens is 252 g/mol. The third kappa shape index (κ3) is 26.4. The fraction of sp³-hybridized carbons (Fsp3) is 0.833. The van der Waals surface area contributed by atoms with Gasteiger partial charge in [-0.05, 0) is 12.8 Å². The first-order valence-electron chi connectivity index (χ1n) is 6.06. The molecule has 0 aliphatic carbocycles. The predicted octanol–water partition coefficient (Wildman–Crippen LogP) is -0.350. The van der Waals surface area contributed by atoms with Gasteiger partial charge in [-0.1, -0.05) is 13.8 Å². The summed E-state index contributed by atoms with van der Waals surface area (Å²) in [6, 6.07) is 0.352. The van der Waals surface area contributed by atoms with Crippen LogP contribution in [0.4, 0.5) is 0 Å². The number of carbonyl (C=O) groups excluding carboxylic acids is 2. The van der Waals surface area contributed by atoms with Gasteiger partial charge in [0, 0.05) is 19.6 Å². The minimum absolute atomic E-state index is 0.117. The van der Waals surface area contributed by atoms with E-state index in [0.717, 1.165) is 7.11 Å². The van der Waals surface area contributed by atoms with Crippen molar-refractivity contribution in [2.24, 2.45) is 17.4 Å². The van der Waals surface area contributed by atoms with Crippen LogP contribution in [0, 0.1) is 5.92 Å². The quantitative estimate of drug-likeness (QED) is 0.330. The number of nitrogens with two attached hydrogens (primary N) is 2. The molecule has 19 heavy (non-hydrogen) atoms. The average Bonchev–Trinajstić information content (AvgIpc) is 2.41. The van der Waals surface area contributed by atoms with Gasteiger partial charge in [-0.3, -0.25) is 9.59 Å². The third-order valence-corrected chi connectivity index (χ3v) is 1.96. The lowest BCUT2D eigenvalue weighted by Crippen LogP contribution is -2.21. The second kappa shape index (κ2) is 19.2. The summed E-state index contributed by atoms with van der Waals surface area (Å²) in [5.41, 5.74) is 10.4. The van der Waals surface area contributed by atoms with Crippen LogP contribution >= 0.6 is 0 Å². The standard InChI is InChI=1S/C6H11NO4.C5H13N.CH4O/c7-4-6(9)11-3-1-2-10-5-8;1-4(2)5(3)6;1-2/h5H,1-4,7H2;4-5H,6H2,1-3H3;2H,1H3. The van der Waals surface area contributed by atoms with Crippen LogP contribution in [0.2, 0.25) is 0 Å². The molecule has 116 valence electrons. The molecule has 0 heterocycles. The first-order chi connectivity index (χ1) is 8.95. The Balaban J connectivity index is -0.000000271. The first-order valence-corrected chi connectivity index (χ1v) is 6.06. The zero-order valence-corrected chi connectivity index (χ0v) is 12.3. The molecule has 0 rings (SSSR count). The van der Waals surface area contributed by atoms with Crippen LogP contribution < -0.4 is 11.5 Å². The molecule has 0 aliphatic rings. The van der Waals surface area contributed by atoms with E-state index in [4.69, 9.17) is 16.6 Å². The summed E-state index contributed by atoms with van der Waals surface area (Å²) in [7, 11) is 1.00. The summed E-state index contributed by atoms with van der Waals surface area (Å²) in [6.45, 7) is 6.99. The SMILES string of the molecule is CC(C)C(C)N.CO.NCC(=O)OCCCOC=O. The molecule has 7 nitrogen and oxygen atoms in total. The van der Waals surface area contributed by atoms with Crippen molar-refractivity contribution in [1.29, 1.82) is 0 Å². The predicted molar refractivity (Wildman–Crippen MR) is 73.3 cm³/mol. The van der Waals surface area contributed by atoms with E-state index in [2.05, 4.69) is 23.3 Å². The lowest BCUT2D eigenvalue weighted by Gasteiger charge is -2.05. The normalized spacial score (nSPS) is 10.3. The fourth-order valence-electron chi connectivity index (χ4n) is 0.435. The molecule has 7 heteroatoms. The monoisotopic (exact) mass is 280 g/mol. The summed E-state index contributed by atoms with van der Waals surface area (Å²) < 4.78 is 8.92. The third-order valence-electron chi connectivity index (χ3n) is 1.96. The molecule has 0 saturated carbocycles. The van der Waals surface area contributed by atoms with Gasteiger partial charge in [0.05, 0.1) is 19.8 Å². The molecule has 0 bridgehead atoms. The van der Waals surface area contributed by atoms with Crippen LogP contribution in [0.1, 0.15) is 27.2 Å². The molecule has 0 aromatic carbocycles.